The summed E-state index contributed by atoms with van der Waals surface area (Å²) in [6.07, 6.45) is 2.63. The summed E-state index contributed by atoms with van der Waals surface area (Å²) in [4.78, 5) is 20.6. The first-order chi connectivity index (χ1) is 9.88. The Morgan fingerprint density at radius 1 is 1.48 bits per heavy atom. The molecular formula is C15H25N3O2S. The Hall–Kier alpha value is -0.980. The third-order valence-corrected chi connectivity index (χ3v) is 4.70. The van der Waals surface area contributed by atoms with Crippen LogP contribution >= 0.6 is 11.3 Å². The molecule has 1 amide bonds. The number of aromatic nitrogens is 1. The summed E-state index contributed by atoms with van der Waals surface area (Å²) < 4.78 is 0. The van der Waals surface area contributed by atoms with Crippen molar-refractivity contribution >= 4 is 17.2 Å². The van der Waals surface area contributed by atoms with Gasteiger partial charge in [0.2, 0.25) is 5.91 Å². The smallest absolute Gasteiger partial charge is 0.228 e. The Labute approximate surface area is 130 Å². The lowest BCUT2D eigenvalue weighted by Crippen LogP contribution is -2.41. The van der Waals surface area contributed by atoms with Gasteiger partial charge in [0.15, 0.2) is 0 Å². The highest BCUT2D eigenvalue weighted by Crippen LogP contribution is 2.23. The van der Waals surface area contributed by atoms with Gasteiger partial charge in [-0.3, -0.25) is 4.79 Å². The van der Waals surface area contributed by atoms with Crippen molar-refractivity contribution in [3.8, 4) is 0 Å². The Balaban J connectivity index is 1.91. The van der Waals surface area contributed by atoms with E-state index >= 15 is 0 Å². The molecule has 0 bridgehead atoms. The highest BCUT2D eigenvalue weighted by Gasteiger charge is 2.31. The third-order valence-electron chi connectivity index (χ3n) is 3.88. The van der Waals surface area contributed by atoms with Crippen molar-refractivity contribution in [3.63, 3.8) is 0 Å². The number of nitrogens with zero attached hydrogens (tertiary/aromatic N) is 3. The van der Waals surface area contributed by atoms with Crippen LogP contribution in [0.5, 0.6) is 0 Å². The lowest BCUT2D eigenvalue weighted by atomic mass is 9.94. The number of carbonyl (C=O) groups is 1. The fourth-order valence-corrected chi connectivity index (χ4v) is 3.54. The first-order valence-electron chi connectivity index (χ1n) is 7.44. The molecule has 1 aliphatic rings. The molecule has 0 radical (unpaired) electrons. The molecular weight excluding hydrogens is 286 g/mol. The number of amides is 1. The molecule has 1 aliphatic heterocycles. The number of rotatable bonds is 4. The van der Waals surface area contributed by atoms with E-state index in [-0.39, 0.29) is 5.91 Å². The minimum Gasteiger partial charge on any atom is -0.388 e. The summed E-state index contributed by atoms with van der Waals surface area (Å²) in [5, 5.41) is 13.6. The minimum absolute atomic E-state index is 0.120. The van der Waals surface area contributed by atoms with E-state index in [0.29, 0.717) is 25.9 Å². The zero-order valence-corrected chi connectivity index (χ0v) is 13.9. The maximum atomic E-state index is 12.4. The quantitative estimate of drug-likeness (QED) is 0.910. The number of thiazole rings is 1. The zero-order valence-electron chi connectivity index (χ0n) is 13.1. The molecule has 1 N–H and O–H groups in total. The molecule has 2 heterocycles. The minimum atomic E-state index is -0.671. The van der Waals surface area contributed by atoms with Gasteiger partial charge in [-0.1, -0.05) is 0 Å². The largest absolute Gasteiger partial charge is 0.388 e. The second-order valence-electron chi connectivity index (χ2n) is 6.23. The van der Waals surface area contributed by atoms with Crippen LogP contribution in [-0.2, 0) is 11.2 Å². The average molecular weight is 311 g/mol. The molecule has 1 aromatic rings. The van der Waals surface area contributed by atoms with Crippen molar-refractivity contribution in [2.24, 2.45) is 0 Å². The van der Waals surface area contributed by atoms with Crippen molar-refractivity contribution in [2.75, 3.05) is 33.7 Å². The van der Waals surface area contributed by atoms with Crippen LogP contribution in [0.4, 0.5) is 0 Å². The number of aryl methyl sites for hydroxylation is 1. The normalized spacial score (nSPS) is 23.4. The van der Waals surface area contributed by atoms with Crippen LogP contribution in [0.3, 0.4) is 0 Å². The molecule has 1 atom stereocenters. The molecule has 0 saturated carbocycles. The molecule has 5 nitrogen and oxygen atoms in total. The summed E-state index contributed by atoms with van der Waals surface area (Å²) >= 11 is 1.58. The predicted molar refractivity (Wildman–Crippen MR) is 84.5 cm³/mol. The van der Waals surface area contributed by atoms with Crippen LogP contribution in [0.15, 0.2) is 5.38 Å². The molecule has 1 unspecified atom stereocenters. The van der Waals surface area contributed by atoms with E-state index in [1.807, 2.05) is 36.2 Å². The number of carbonyl (C=O) groups excluding carboxylic acids is 1. The highest BCUT2D eigenvalue weighted by molar-refractivity contribution is 7.09. The van der Waals surface area contributed by atoms with Crippen molar-refractivity contribution in [1.82, 2.24) is 14.8 Å². The van der Waals surface area contributed by atoms with E-state index in [1.165, 1.54) is 0 Å². The van der Waals surface area contributed by atoms with Gasteiger partial charge in [0, 0.05) is 25.0 Å². The lowest BCUT2D eigenvalue weighted by molar-refractivity contribution is -0.130. The predicted octanol–water partition coefficient (Wildman–Crippen LogP) is 1.30. The van der Waals surface area contributed by atoms with Gasteiger partial charge in [-0.05, 0) is 40.3 Å². The Morgan fingerprint density at radius 2 is 2.24 bits per heavy atom. The summed E-state index contributed by atoms with van der Waals surface area (Å²) in [7, 11) is 3.94. The van der Waals surface area contributed by atoms with Crippen LogP contribution in [0.2, 0.25) is 0 Å². The van der Waals surface area contributed by atoms with E-state index in [4.69, 9.17) is 0 Å². The van der Waals surface area contributed by atoms with Crippen molar-refractivity contribution in [1.29, 1.82) is 0 Å². The zero-order chi connectivity index (χ0) is 15.5. The van der Waals surface area contributed by atoms with E-state index in [1.54, 1.807) is 11.3 Å². The summed E-state index contributed by atoms with van der Waals surface area (Å²) in [6, 6.07) is 0. The molecule has 2 rings (SSSR count). The van der Waals surface area contributed by atoms with Crippen molar-refractivity contribution in [2.45, 2.75) is 38.2 Å². The number of hydrogen-bond acceptors (Lipinski definition) is 5. The van der Waals surface area contributed by atoms with Gasteiger partial charge in [-0.25, -0.2) is 4.98 Å². The third kappa shape index (κ3) is 4.76. The standard InChI is InChI=1S/C15H25N3O2S/c1-12-16-13(10-21-12)9-14(19)18-7-4-5-15(20,6-8-18)11-17(2)3/h10,20H,4-9,11H2,1-3H3. The topological polar surface area (TPSA) is 56.7 Å². The van der Waals surface area contributed by atoms with Gasteiger partial charge in [-0.15, -0.1) is 11.3 Å². The molecule has 0 spiro atoms. The second kappa shape index (κ2) is 6.85. The van der Waals surface area contributed by atoms with E-state index in [2.05, 4.69) is 4.98 Å². The Bertz CT molecular complexity index is 489. The van der Waals surface area contributed by atoms with Gasteiger partial charge in [0.05, 0.1) is 22.7 Å². The van der Waals surface area contributed by atoms with Crippen molar-refractivity contribution in [3.05, 3.63) is 16.1 Å². The number of likely N-dealkylation sites (tertiary alicyclic amines) is 1. The highest BCUT2D eigenvalue weighted by atomic mass is 32.1. The molecule has 0 aliphatic carbocycles. The molecule has 0 aromatic carbocycles. The number of aliphatic hydroxyl groups is 1. The van der Waals surface area contributed by atoms with Crippen LogP contribution in [0, 0.1) is 6.92 Å². The molecule has 1 aromatic heterocycles. The molecule has 1 fully saturated rings. The van der Waals surface area contributed by atoms with Crippen LogP contribution in [0.1, 0.15) is 30.0 Å². The SMILES string of the molecule is Cc1nc(CC(=O)N2CCCC(O)(CN(C)C)CC2)cs1. The van der Waals surface area contributed by atoms with Gasteiger partial charge >= 0.3 is 0 Å². The number of hydrogen-bond donors (Lipinski definition) is 1. The van der Waals surface area contributed by atoms with E-state index in [9.17, 15) is 9.90 Å². The fourth-order valence-electron chi connectivity index (χ4n) is 2.93. The lowest BCUT2D eigenvalue weighted by Gasteiger charge is -2.29. The van der Waals surface area contributed by atoms with E-state index < -0.39 is 5.60 Å². The Kier molecular flexibility index (Phi) is 5.35. The maximum absolute atomic E-state index is 12.4. The van der Waals surface area contributed by atoms with E-state index in [0.717, 1.165) is 30.1 Å². The van der Waals surface area contributed by atoms with Crippen LogP contribution in [-0.4, -0.2) is 65.1 Å². The fraction of sp³-hybridized carbons (Fsp3) is 0.733. The van der Waals surface area contributed by atoms with Gasteiger partial charge < -0.3 is 14.9 Å². The molecule has 6 heteroatoms. The summed E-state index contributed by atoms with van der Waals surface area (Å²) in [5.41, 5.74) is 0.186. The van der Waals surface area contributed by atoms with Crippen LogP contribution in [0.25, 0.3) is 0 Å². The van der Waals surface area contributed by atoms with Gasteiger partial charge in [-0.2, -0.15) is 0 Å². The first kappa shape index (κ1) is 16.4. The monoisotopic (exact) mass is 311 g/mol. The summed E-state index contributed by atoms with van der Waals surface area (Å²) in [6.45, 7) is 3.97. The average Bonchev–Trinajstić information content (AvgIpc) is 2.67. The molecule has 21 heavy (non-hydrogen) atoms. The second-order valence-corrected chi connectivity index (χ2v) is 7.29. The molecule has 1 saturated heterocycles. The number of likely N-dealkylation sites (N-methyl/N-ethyl adjacent to an activating group) is 1. The van der Waals surface area contributed by atoms with Gasteiger partial charge in [0.1, 0.15) is 0 Å². The molecule has 118 valence electrons. The Morgan fingerprint density at radius 3 is 2.86 bits per heavy atom. The summed E-state index contributed by atoms with van der Waals surface area (Å²) in [5.74, 6) is 0.120. The van der Waals surface area contributed by atoms with Gasteiger partial charge in [0.25, 0.3) is 0 Å². The van der Waals surface area contributed by atoms with Crippen molar-refractivity contribution < 1.29 is 9.90 Å². The van der Waals surface area contributed by atoms with Crippen LogP contribution < -0.4 is 0 Å². The first-order valence-corrected chi connectivity index (χ1v) is 8.32. The maximum Gasteiger partial charge on any atom is 0.228 e.